The van der Waals surface area contributed by atoms with Crippen molar-refractivity contribution in [1.29, 1.82) is 0 Å². The Labute approximate surface area is 130 Å². The molecule has 0 aliphatic carbocycles. The van der Waals surface area contributed by atoms with Gasteiger partial charge in [0.05, 0.1) is 19.0 Å². The number of hydrogen-bond acceptors (Lipinski definition) is 9. The molecule has 12 heteroatoms. The Balaban J connectivity index is 1.75. The van der Waals surface area contributed by atoms with Crippen molar-refractivity contribution in [3.05, 3.63) is 12.7 Å². The molecule has 0 bridgehead atoms. The van der Waals surface area contributed by atoms with Crippen molar-refractivity contribution in [2.75, 3.05) is 19.5 Å². The van der Waals surface area contributed by atoms with Crippen molar-refractivity contribution in [2.45, 2.75) is 24.9 Å². The van der Waals surface area contributed by atoms with Gasteiger partial charge in [-0.1, -0.05) is 0 Å². The fourth-order valence-corrected chi connectivity index (χ4v) is 2.78. The van der Waals surface area contributed by atoms with Crippen LogP contribution >= 0.6 is 7.82 Å². The zero-order valence-corrected chi connectivity index (χ0v) is 13.0. The van der Waals surface area contributed by atoms with Crippen LogP contribution in [0.25, 0.3) is 11.2 Å². The normalized spacial score (nSPS) is 27.3. The number of nitrogen functional groups attached to an aromatic ring is 1. The van der Waals surface area contributed by atoms with Gasteiger partial charge in [-0.25, -0.2) is 19.5 Å². The summed E-state index contributed by atoms with van der Waals surface area (Å²) in [7, 11) is -3.07. The van der Waals surface area contributed by atoms with Crippen molar-refractivity contribution in [2.24, 2.45) is 0 Å². The van der Waals surface area contributed by atoms with Crippen LogP contribution in [0.4, 0.5) is 5.82 Å². The number of rotatable bonds is 5. The summed E-state index contributed by atoms with van der Waals surface area (Å²) in [5.74, 6) is 0.244. The van der Waals surface area contributed by atoms with Gasteiger partial charge in [0, 0.05) is 13.5 Å². The van der Waals surface area contributed by atoms with E-state index in [4.69, 9.17) is 15.0 Å². The van der Waals surface area contributed by atoms with E-state index in [9.17, 15) is 14.6 Å². The molecular weight excluding hydrogens is 329 g/mol. The van der Waals surface area contributed by atoms with Gasteiger partial charge in [-0.2, -0.15) is 0 Å². The van der Waals surface area contributed by atoms with Gasteiger partial charge < -0.3 is 20.5 Å². The summed E-state index contributed by atoms with van der Waals surface area (Å²) in [5, 5.41) is 10.0. The molecule has 23 heavy (non-hydrogen) atoms. The Kier molecular flexibility index (Phi) is 4.32. The second kappa shape index (κ2) is 6.11. The Bertz CT molecular complexity index is 754. The van der Waals surface area contributed by atoms with Crippen LogP contribution in [-0.4, -0.2) is 55.4 Å². The van der Waals surface area contributed by atoms with Crippen molar-refractivity contribution < 1.29 is 28.3 Å². The zero-order chi connectivity index (χ0) is 16.6. The van der Waals surface area contributed by atoms with Crippen LogP contribution in [0.3, 0.4) is 0 Å². The number of aromatic nitrogens is 4. The number of fused-ring (bicyclic) bond motifs is 1. The van der Waals surface area contributed by atoms with Gasteiger partial charge in [-0.3, -0.25) is 13.6 Å². The largest absolute Gasteiger partial charge is 0.472 e. The number of anilines is 1. The van der Waals surface area contributed by atoms with Crippen molar-refractivity contribution in [3.63, 3.8) is 0 Å². The minimum absolute atomic E-state index is 0.242. The highest BCUT2D eigenvalue weighted by molar-refractivity contribution is 7.47. The Morgan fingerprint density at radius 1 is 1.52 bits per heavy atom. The SMILES string of the molecule is COP(=O)(O)OC[C@H]1O[C@@H](n2cnc3c(N)ncnc32)CC1O. The minimum Gasteiger partial charge on any atom is -0.390 e. The first kappa shape index (κ1) is 16.2. The molecule has 3 heterocycles. The molecular formula is C11H16N5O6P. The predicted molar refractivity (Wildman–Crippen MR) is 77.1 cm³/mol. The van der Waals surface area contributed by atoms with Crippen LogP contribution in [0.5, 0.6) is 0 Å². The highest BCUT2D eigenvalue weighted by Crippen LogP contribution is 2.43. The number of aliphatic hydroxyl groups excluding tert-OH is 1. The standard InChI is InChI=1S/C11H16N5O6P/c1-20-23(18,19)21-3-7-6(17)2-8(22-7)16-5-15-9-10(12)13-4-14-11(9)16/h4-8,17H,2-3H2,1H3,(H,18,19)(H2,12,13,14)/t6?,7-,8-/m1/s1. The monoisotopic (exact) mass is 345 g/mol. The third-order valence-electron chi connectivity index (χ3n) is 3.53. The minimum atomic E-state index is -4.13. The van der Waals surface area contributed by atoms with Gasteiger partial charge in [-0.15, -0.1) is 0 Å². The lowest BCUT2D eigenvalue weighted by atomic mass is 10.2. The molecule has 1 aliphatic rings. The van der Waals surface area contributed by atoms with E-state index in [1.165, 1.54) is 12.7 Å². The van der Waals surface area contributed by atoms with E-state index in [1.54, 1.807) is 4.57 Å². The fraction of sp³-hybridized carbons (Fsp3) is 0.545. The molecule has 0 spiro atoms. The van der Waals surface area contributed by atoms with Crippen molar-refractivity contribution in [3.8, 4) is 0 Å². The highest BCUT2D eigenvalue weighted by Gasteiger charge is 2.37. The number of phosphoric acid groups is 1. The number of imidazole rings is 1. The second-order valence-corrected chi connectivity index (χ2v) is 6.52. The smallest absolute Gasteiger partial charge is 0.390 e. The summed E-state index contributed by atoms with van der Waals surface area (Å²) < 4.78 is 27.6. The molecule has 0 aromatic carbocycles. The van der Waals surface area contributed by atoms with Crippen LogP contribution in [0.1, 0.15) is 12.6 Å². The molecule has 0 radical (unpaired) electrons. The van der Waals surface area contributed by atoms with Crippen LogP contribution in [0.2, 0.25) is 0 Å². The Hall–Kier alpha value is -1.62. The lowest BCUT2D eigenvalue weighted by Crippen LogP contribution is -2.26. The molecule has 126 valence electrons. The van der Waals surface area contributed by atoms with Crippen molar-refractivity contribution >= 4 is 24.8 Å². The number of ether oxygens (including phenoxy) is 1. The van der Waals surface area contributed by atoms with Crippen molar-refractivity contribution in [1.82, 2.24) is 19.5 Å². The molecule has 1 fully saturated rings. The molecule has 3 rings (SSSR count). The van der Waals surface area contributed by atoms with Gasteiger partial charge >= 0.3 is 7.82 Å². The quantitative estimate of drug-likeness (QED) is 0.621. The molecule has 0 amide bonds. The first-order chi connectivity index (χ1) is 10.9. The van der Waals surface area contributed by atoms with Gasteiger partial charge in [-0.05, 0) is 0 Å². The fourth-order valence-electron chi connectivity index (χ4n) is 2.34. The molecule has 2 unspecified atom stereocenters. The maximum atomic E-state index is 11.3. The van der Waals surface area contributed by atoms with E-state index in [-0.39, 0.29) is 18.8 Å². The molecule has 11 nitrogen and oxygen atoms in total. The molecule has 2 aromatic rings. The lowest BCUT2D eigenvalue weighted by molar-refractivity contribution is -0.0431. The van der Waals surface area contributed by atoms with Crippen LogP contribution in [-0.2, 0) is 18.3 Å². The first-order valence-corrected chi connectivity index (χ1v) is 8.20. The maximum absolute atomic E-state index is 11.3. The topological polar surface area (TPSA) is 155 Å². The molecule has 0 saturated carbocycles. The van der Waals surface area contributed by atoms with E-state index >= 15 is 0 Å². The number of phosphoric ester groups is 1. The number of hydrogen-bond donors (Lipinski definition) is 3. The summed E-state index contributed by atoms with van der Waals surface area (Å²) in [4.78, 5) is 21.3. The molecule has 2 aromatic heterocycles. The number of nitrogens with two attached hydrogens (primary N) is 1. The van der Waals surface area contributed by atoms with Gasteiger partial charge in [0.15, 0.2) is 11.5 Å². The number of nitrogens with zero attached hydrogens (tertiary/aromatic N) is 4. The van der Waals surface area contributed by atoms with E-state index in [0.717, 1.165) is 7.11 Å². The summed E-state index contributed by atoms with van der Waals surface area (Å²) >= 11 is 0. The average molecular weight is 345 g/mol. The second-order valence-electron chi connectivity index (χ2n) is 4.96. The summed E-state index contributed by atoms with van der Waals surface area (Å²) in [6, 6.07) is 0. The van der Waals surface area contributed by atoms with Crippen LogP contribution in [0, 0.1) is 0 Å². The number of aliphatic hydroxyl groups is 1. The zero-order valence-electron chi connectivity index (χ0n) is 12.1. The van der Waals surface area contributed by atoms with E-state index in [2.05, 4.69) is 19.5 Å². The van der Waals surface area contributed by atoms with Gasteiger partial charge in [0.2, 0.25) is 0 Å². The molecule has 1 aliphatic heterocycles. The summed E-state index contributed by atoms with van der Waals surface area (Å²) in [6.45, 7) is -0.289. The van der Waals surface area contributed by atoms with Gasteiger partial charge in [0.1, 0.15) is 24.2 Å². The Morgan fingerprint density at radius 2 is 2.30 bits per heavy atom. The third-order valence-corrected chi connectivity index (χ3v) is 4.47. The Morgan fingerprint density at radius 3 is 3.04 bits per heavy atom. The average Bonchev–Trinajstić information content (AvgIpc) is 3.10. The predicted octanol–water partition coefficient (Wildman–Crippen LogP) is -0.180. The van der Waals surface area contributed by atoms with E-state index in [1.807, 2.05) is 0 Å². The third kappa shape index (κ3) is 3.20. The molecule has 4 N–H and O–H groups in total. The molecule has 1 saturated heterocycles. The summed E-state index contributed by atoms with van der Waals surface area (Å²) in [6.07, 6.45) is 0.816. The first-order valence-electron chi connectivity index (χ1n) is 6.71. The highest BCUT2D eigenvalue weighted by atomic mass is 31.2. The van der Waals surface area contributed by atoms with Gasteiger partial charge in [0.25, 0.3) is 0 Å². The summed E-state index contributed by atoms with van der Waals surface area (Å²) in [5.41, 5.74) is 6.63. The van der Waals surface area contributed by atoms with E-state index < -0.39 is 26.3 Å². The van der Waals surface area contributed by atoms with E-state index in [0.29, 0.717) is 11.2 Å². The maximum Gasteiger partial charge on any atom is 0.472 e. The lowest BCUT2D eigenvalue weighted by Gasteiger charge is -2.17. The van der Waals surface area contributed by atoms with Crippen LogP contribution in [0.15, 0.2) is 12.7 Å². The van der Waals surface area contributed by atoms with Crippen LogP contribution < -0.4 is 5.73 Å². The molecule has 4 atom stereocenters.